The van der Waals surface area contributed by atoms with Gasteiger partial charge in [0.1, 0.15) is 0 Å². The molecular weight excluding hydrogens is 290 g/mol. The molecule has 0 aliphatic heterocycles. The average molecular weight is 324 g/mol. The Hall–Kier alpha value is -1.55. The van der Waals surface area contributed by atoms with Crippen molar-refractivity contribution in [1.29, 1.82) is 5.26 Å². The van der Waals surface area contributed by atoms with Gasteiger partial charge < -0.3 is 0 Å². The van der Waals surface area contributed by atoms with Gasteiger partial charge in [-0.1, -0.05) is 76.1 Å². The molecule has 1 fully saturated rings. The van der Waals surface area contributed by atoms with Gasteiger partial charge in [-0.05, 0) is 54.7 Å². The smallest absolute Gasteiger partial charge is 0.0912 e. The standard InChI is InChI=1S/C23H33N/c1-2-3-4-5-6-7-9-20-11-15-22(16-12-20)23-17-13-21(14-18-23)10-8-19-24/h8,10,13-14,17-18,20,22H,2-7,9,11-12,15-16H2,1H3/b10-8+. The molecule has 0 spiro atoms. The van der Waals surface area contributed by atoms with E-state index in [1.807, 2.05) is 12.1 Å². The minimum Gasteiger partial charge on any atom is -0.193 e. The zero-order valence-corrected chi connectivity index (χ0v) is 15.3. The quantitative estimate of drug-likeness (QED) is 0.347. The Balaban J connectivity index is 1.67. The molecule has 0 aromatic heterocycles. The molecule has 1 aromatic rings. The molecule has 0 radical (unpaired) electrons. The van der Waals surface area contributed by atoms with E-state index in [0.717, 1.165) is 17.4 Å². The van der Waals surface area contributed by atoms with Crippen molar-refractivity contribution in [1.82, 2.24) is 0 Å². The summed E-state index contributed by atoms with van der Waals surface area (Å²) in [4.78, 5) is 0. The molecule has 0 atom stereocenters. The number of allylic oxidation sites excluding steroid dienone is 1. The molecular formula is C23H33N. The lowest BCUT2D eigenvalue weighted by Crippen LogP contribution is -2.13. The number of nitrogens with zero attached hydrogens (tertiary/aromatic N) is 1. The highest BCUT2D eigenvalue weighted by atomic mass is 14.3. The Kier molecular flexibility index (Phi) is 8.67. The fourth-order valence-corrected chi connectivity index (χ4v) is 4.01. The van der Waals surface area contributed by atoms with Gasteiger partial charge in [-0.15, -0.1) is 0 Å². The number of unbranched alkanes of at least 4 members (excludes halogenated alkanes) is 5. The van der Waals surface area contributed by atoms with E-state index in [1.54, 1.807) is 6.08 Å². The second kappa shape index (κ2) is 11.1. The molecule has 1 aliphatic rings. The van der Waals surface area contributed by atoms with Gasteiger partial charge in [-0.2, -0.15) is 5.26 Å². The van der Waals surface area contributed by atoms with Crippen LogP contribution in [0.1, 0.15) is 94.6 Å². The van der Waals surface area contributed by atoms with Crippen LogP contribution in [-0.4, -0.2) is 0 Å². The van der Waals surface area contributed by atoms with E-state index < -0.39 is 0 Å². The minimum absolute atomic E-state index is 0.750. The van der Waals surface area contributed by atoms with E-state index >= 15 is 0 Å². The zero-order valence-electron chi connectivity index (χ0n) is 15.3. The Morgan fingerprint density at radius 3 is 2.29 bits per heavy atom. The van der Waals surface area contributed by atoms with Gasteiger partial charge in [0, 0.05) is 6.08 Å². The molecule has 1 aromatic carbocycles. The number of nitriles is 1. The molecule has 0 saturated heterocycles. The number of benzene rings is 1. The molecule has 130 valence electrons. The van der Waals surface area contributed by atoms with Gasteiger partial charge in [-0.25, -0.2) is 0 Å². The van der Waals surface area contributed by atoms with Crippen LogP contribution in [0.2, 0.25) is 0 Å². The highest BCUT2D eigenvalue weighted by Crippen LogP contribution is 2.37. The van der Waals surface area contributed by atoms with Crippen LogP contribution in [0.4, 0.5) is 0 Å². The number of rotatable bonds is 9. The molecule has 1 heteroatoms. The average Bonchev–Trinajstić information content (AvgIpc) is 2.64. The SMILES string of the molecule is CCCCCCCCC1CCC(c2ccc(/C=C/C#N)cc2)CC1. The molecule has 0 bridgehead atoms. The maximum atomic E-state index is 8.59. The lowest BCUT2D eigenvalue weighted by Gasteiger charge is -2.29. The number of hydrogen-bond donors (Lipinski definition) is 0. The maximum absolute atomic E-state index is 8.59. The van der Waals surface area contributed by atoms with E-state index in [-0.39, 0.29) is 0 Å². The van der Waals surface area contributed by atoms with E-state index in [9.17, 15) is 0 Å². The van der Waals surface area contributed by atoms with Crippen LogP contribution in [0.3, 0.4) is 0 Å². The molecule has 24 heavy (non-hydrogen) atoms. The molecule has 0 amide bonds. The van der Waals surface area contributed by atoms with Crippen LogP contribution in [0.25, 0.3) is 6.08 Å². The van der Waals surface area contributed by atoms with Crippen molar-refractivity contribution in [3.63, 3.8) is 0 Å². The van der Waals surface area contributed by atoms with Crippen molar-refractivity contribution in [2.45, 2.75) is 83.5 Å². The molecule has 0 heterocycles. The van der Waals surface area contributed by atoms with Crippen LogP contribution < -0.4 is 0 Å². The van der Waals surface area contributed by atoms with Crippen LogP contribution >= 0.6 is 0 Å². The molecule has 0 unspecified atom stereocenters. The summed E-state index contributed by atoms with van der Waals surface area (Å²) in [6.45, 7) is 2.29. The second-order valence-corrected chi connectivity index (χ2v) is 7.40. The van der Waals surface area contributed by atoms with Crippen LogP contribution in [-0.2, 0) is 0 Å². The molecule has 0 N–H and O–H groups in total. The van der Waals surface area contributed by atoms with Gasteiger partial charge in [0.15, 0.2) is 0 Å². The summed E-state index contributed by atoms with van der Waals surface area (Å²) < 4.78 is 0. The van der Waals surface area contributed by atoms with Gasteiger partial charge in [0.2, 0.25) is 0 Å². The minimum atomic E-state index is 0.750. The summed E-state index contributed by atoms with van der Waals surface area (Å²) in [5.41, 5.74) is 2.61. The third kappa shape index (κ3) is 6.52. The van der Waals surface area contributed by atoms with Crippen LogP contribution in [0.15, 0.2) is 30.3 Å². The normalized spacial score (nSPS) is 21.0. The van der Waals surface area contributed by atoms with Crippen molar-refractivity contribution in [3.05, 3.63) is 41.5 Å². The third-order valence-electron chi connectivity index (χ3n) is 5.57. The fraction of sp³-hybridized carbons (Fsp3) is 0.609. The lowest BCUT2D eigenvalue weighted by atomic mass is 9.77. The lowest BCUT2D eigenvalue weighted by molar-refractivity contribution is 0.302. The topological polar surface area (TPSA) is 23.8 Å². The first-order valence-corrected chi connectivity index (χ1v) is 9.99. The zero-order chi connectivity index (χ0) is 17.0. The van der Waals surface area contributed by atoms with Crippen LogP contribution in [0, 0.1) is 17.2 Å². The van der Waals surface area contributed by atoms with Crippen molar-refractivity contribution in [3.8, 4) is 6.07 Å². The highest BCUT2D eigenvalue weighted by Gasteiger charge is 2.21. The van der Waals surface area contributed by atoms with E-state index in [0.29, 0.717) is 0 Å². The summed E-state index contributed by atoms with van der Waals surface area (Å²) in [5, 5.41) is 8.59. The Morgan fingerprint density at radius 1 is 0.958 bits per heavy atom. The Bertz CT molecular complexity index is 512. The Labute approximate surface area is 148 Å². The largest absolute Gasteiger partial charge is 0.193 e. The highest BCUT2D eigenvalue weighted by molar-refractivity contribution is 5.52. The first-order valence-electron chi connectivity index (χ1n) is 9.99. The van der Waals surface area contributed by atoms with Gasteiger partial charge in [-0.3, -0.25) is 0 Å². The molecule has 1 nitrogen and oxygen atoms in total. The summed E-state index contributed by atoms with van der Waals surface area (Å²) in [7, 11) is 0. The Morgan fingerprint density at radius 2 is 1.62 bits per heavy atom. The maximum Gasteiger partial charge on any atom is 0.0912 e. The van der Waals surface area contributed by atoms with E-state index in [2.05, 4.69) is 31.2 Å². The van der Waals surface area contributed by atoms with Crippen molar-refractivity contribution in [2.75, 3.05) is 0 Å². The fourth-order valence-electron chi connectivity index (χ4n) is 4.01. The van der Waals surface area contributed by atoms with E-state index in [1.165, 1.54) is 76.2 Å². The first kappa shape index (κ1) is 18.8. The second-order valence-electron chi connectivity index (χ2n) is 7.40. The van der Waals surface area contributed by atoms with Gasteiger partial charge in [0.25, 0.3) is 0 Å². The van der Waals surface area contributed by atoms with Gasteiger partial charge >= 0.3 is 0 Å². The molecule has 2 rings (SSSR count). The van der Waals surface area contributed by atoms with Crippen molar-refractivity contribution >= 4 is 6.08 Å². The van der Waals surface area contributed by atoms with Crippen LogP contribution in [0.5, 0.6) is 0 Å². The van der Waals surface area contributed by atoms with E-state index in [4.69, 9.17) is 5.26 Å². The molecule has 1 aliphatic carbocycles. The summed E-state index contributed by atoms with van der Waals surface area (Å²) in [5.74, 6) is 1.73. The summed E-state index contributed by atoms with van der Waals surface area (Å²) in [6.07, 6.45) is 18.9. The van der Waals surface area contributed by atoms with Crippen molar-refractivity contribution in [2.24, 2.45) is 5.92 Å². The summed E-state index contributed by atoms with van der Waals surface area (Å²) >= 11 is 0. The van der Waals surface area contributed by atoms with Gasteiger partial charge in [0.05, 0.1) is 6.07 Å². The molecule has 1 saturated carbocycles. The predicted octanol–water partition coefficient (Wildman–Crippen LogP) is 7.25. The van der Waals surface area contributed by atoms with Crippen molar-refractivity contribution < 1.29 is 0 Å². The summed E-state index contributed by atoms with van der Waals surface area (Å²) in [6, 6.07) is 10.9. The number of hydrogen-bond acceptors (Lipinski definition) is 1. The third-order valence-corrected chi connectivity index (χ3v) is 5.57. The predicted molar refractivity (Wildman–Crippen MR) is 104 cm³/mol. The first-order chi connectivity index (χ1) is 11.8. The monoisotopic (exact) mass is 323 g/mol.